The fourth-order valence-electron chi connectivity index (χ4n) is 3.30. The van der Waals surface area contributed by atoms with E-state index in [2.05, 4.69) is 38.5 Å². The van der Waals surface area contributed by atoms with Gasteiger partial charge in [0.15, 0.2) is 11.0 Å². The summed E-state index contributed by atoms with van der Waals surface area (Å²) in [5.41, 5.74) is 5.09. The lowest BCUT2D eigenvalue weighted by atomic mass is 10.0. The number of methoxy groups -OCH3 is 1. The number of aryl methyl sites for hydroxylation is 1. The number of halogens is 1. The SMILES string of the molecule is COc1ccc(Cc2cccc3nc(SC(C)C(=O)Nc4ncc(C)cc4Cl)[nH]c23)cc1. The van der Waals surface area contributed by atoms with Crippen molar-refractivity contribution in [2.45, 2.75) is 30.7 Å². The van der Waals surface area contributed by atoms with Crippen molar-refractivity contribution in [3.05, 3.63) is 76.4 Å². The number of pyridine rings is 1. The molecule has 1 amide bonds. The van der Waals surface area contributed by atoms with E-state index in [0.29, 0.717) is 16.0 Å². The van der Waals surface area contributed by atoms with Gasteiger partial charge in [-0.25, -0.2) is 9.97 Å². The Balaban J connectivity index is 1.48. The minimum absolute atomic E-state index is 0.188. The number of aromatic nitrogens is 3. The summed E-state index contributed by atoms with van der Waals surface area (Å²) in [7, 11) is 1.66. The number of hydrogen-bond donors (Lipinski definition) is 2. The lowest BCUT2D eigenvalue weighted by molar-refractivity contribution is -0.115. The van der Waals surface area contributed by atoms with Crippen LogP contribution < -0.4 is 10.1 Å². The topological polar surface area (TPSA) is 79.9 Å². The standard InChI is InChI=1S/C24H23ClN4O2S/c1-14-11-19(25)22(26-13-14)29-23(30)15(2)32-24-27-20-6-4-5-17(21(20)28-24)12-16-7-9-18(31-3)10-8-16/h4-11,13,15H,12H2,1-3H3,(H,27,28)(H,26,29,30). The summed E-state index contributed by atoms with van der Waals surface area (Å²) in [4.78, 5) is 24.9. The lowest BCUT2D eigenvalue weighted by Gasteiger charge is -2.11. The molecule has 164 valence electrons. The predicted octanol–water partition coefficient (Wildman–Crippen LogP) is 5.64. The Hall–Kier alpha value is -3.03. The molecule has 0 fully saturated rings. The maximum absolute atomic E-state index is 12.6. The van der Waals surface area contributed by atoms with E-state index in [1.54, 1.807) is 19.4 Å². The summed E-state index contributed by atoms with van der Waals surface area (Å²) in [5, 5.41) is 3.51. The third-order valence-corrected chi connectivity index (χ3v) is 6.29. The summed E-state index contributed by atoms with van der Waals surface area (Å²) >= 11 is 7.54. The minimum atomic E-state index is -0.389. The molecule has 0 saturated carbocycles. The fourth-order valence-corrected chi connectivity index (χ4v) is 4.38. The van der Waals surface area contributed by atoms with Crippen LogP contribution in [0.4, 0.5) is 5.82 Å². The van der Waals surface area contributed by atoms with E-state index in [1.807, 2.05) is 38.1 Å². The number of nitrogens with zero attached hydrogens (tertiary/aromatic N) is 2. The normalized spacial score (nSPS) is 12.0. The lowest BCUT2D eigenvalue weighted by Crippen LogP contribution is -2.23. The molecule has 4 rings (SSSR count). The number of amides is 1. The number of ether oxygens (including phenoxy) is 1. The monoisotopic (exact) mass is 466 g/mol. The van der Waals surface area contributed by atoms with Crippen LogP contribution in [0, 0.1) is 6.92 Å². The van der Waals surface area contributed by atoms with Crippen LogP contribution in [-0.4, -0.2) is 33.2 Å². The molecular weight excluding hydrogens is 444 g/mol. The van der Waals surface area contributed by atoms with Crippen molar-refractivity contribution in [3.63, 3.8) is 0 Å². The zero-order valence-electron chi connectivity index (χ0n) is 18.0. The molecule has 2 aromatic heterocycles. The van der Waals surface area contributed by atoms with Gasteiger partial charge in [-0.05, 0) is 61.2 Å². The van der Waals surface area contributed by atoms with Crippen molar-refractivity contribution in [2.75, 3.05) is 12.4 Å². The Morgan fingerprint density at radius 2 is 2.03 bits per heavy atom. The smallest absolute Gasteiger partial charge is 0.238 e. The molecule has 0 saturated heterocycles. The maximum Gasteiger partial charge on any atom is 0.238 e. The maximum atomic E-state index is 12.6. The first-order valence-corrected chi connectivity index (χ1v) is 11.4. The second kappa shape index (κ2) is 9.63. The number of hydrogen-bond acceptors (Lipinski definition) is 5. The highest BCUT2D eigenvalue weighted by molar-refractivity contribution is 8.00. The van der Waals surface area contributed by atoms with Gasteiger partial charge >= 0.3 is 0 Å². The van der Waals surface area contributed by atoms with Crippen molar-refractivity contribution in [1.29, 1.82) is 0 Å². The number of carbonyl (C=O) groups excluding carboxylic acids is 1. The Morgan fingerprint density at radius 3 is 2.75 bits per heavy atom. The predicted molar refractivity (Wildman–Crippen MR) is 130 cm³/mol. The molecule has 6 nitrogen and oxygen atoms in total. The number of aromatic amines is 1. The van der Waals surface area contributed by atoms with Gasteiger partial charge in [-0.2, -0.15) is 0 Å². The number of nitrogens with one attached hydrogen (secondary N) is 2. The molecule has 0 spiro atoms. The van der Waals surface area contributed by atoms with Crippen molar-refractivity contribution in [3.8, 4) is 5.75 Å². The average Bonchev–Trinajstić information content (AvgIpc) is 3.19. The molecule has 0 aliphatic heterocycles. The Kier molecular flexibility index (Phi) is 6.67. The van der Waals surface area contributed by atoms with Crippen LogP contribution in [0.5, 0.6) is 5.75 Å². The first-order valence-electron chi connectivity index (χ1n) is 10.1. The van der Waals surface area contributed by atoms with E-state index in [4.69, 9.17) is 16.3 Å². The van der Waals surface area contributed by atoms with Crippen LogP contribution in [0.25, 0.3) is 11.0 Å². The average molecular weight is 467 g/mol. The van der Waals surface area contributed by atoms with Crippen molar-refractivity contribution < 1.29 is 9.53 Å². The van der Waals surface area contributed by atoms with Crippen LogP contribution >= 0.6 is 23.4 Å². The minimum Gasteiger partial charge on any atom is -0.497 e. The Labute approximate surface area is 195 Å². The third kappa shape index (κ3) is 5.06. The molecule has 8 heteroatoms. The number of carbonyl (C=O) groups is 1. The summed E-state index contributed by atoms with van der Waals surface area (Å²) in [6.45, 7) is 3.72. The molecule has 0 aliphatic rings. The number of thioether (sulfide) groups is 1. The number of H-pyrrole nitrogens is 1. The van der Waals surface area contributed by atoms with Gasteiger partial charge in [-0.3, -0.25) is 4.79 Å². The van der Waals surface area contributed by atoms with Gasteiger partial charge in [0.05, 0.1) is 28.4 Å². The Morgan fingerprint density at radius 1 is 1.25 bits per heavy atom. The van der Waals surface area contributed by atoms with E-state index in [0.717, 1.165) is 34.3 Å². The fraction of sp³-hybridized carbons (Fsp3) is 0.208. The zero-order chi connectivity index (χ0) is 22.7. The second-order valence-corrected chi connectivity index (χ2v) is 9.21. The van der Waals surface area contributed by atoms with Crippen LogP contribution in [0.15, 0.2) is 59.9 Å². The molecule has 2 N–H and O–H groups in total. The summed E-state index contributed by atoms with van der Waals surface area (Å²) < 4.78 is 5.24. The van der Waals surface area contributed by atoms with E-state index in [9.17, 15) is 4.79 Å². The molecular formula is C24H23ClN4O2S. The van der Waals surface area contributed by atoms with Crippen LogP contribution in [0.3, 0.4) is 0 Å². The highest BCUT2D eigenvalue weighted by Crippen LogP contribution is 2.28. The number of rotatable bonds is 7. The number of para-hydroxylation sites is 1. The van der Waals surface area contributed by atoms with E-state index < -0.39 is 0 Å². The summed E-state index contributed by atoms with van der Waals surface area (Å²) in [6, 6.07) is 15.8. The van der Waals surface area contributed by atoms with Crippen LogP contribution in [0.1, 0.15) is 23.6 Å². The molecule has 0 aliphatic carbocycles. The van der Waals surface area contributed by atoms with Gasteiger partial charge in [0.1, 0.15) is 5.75 Å². The van der Waals surface area contributed by atoms with Gasteiger partial charge in [0.2, 0.25) is 5.91 Å². The first-order chi connectivity index (χ1) is 15.4. The van der Waals surface area contributed by atoms with Gasteiger partial charge in [-0.1, -0.05) is 47.6 Å². The van der Waals surface area contributed by atoms with Crippen molar-refractivity contribution in [1.82, 2.24) is 15.0 Å². The van der Waals surface area contributed by atoms with Crippen molar-refractivity contribution in [2.24, 2.45) is 0 Å². The van der Waals surface area contributed by atoms with E-state index >= 15 is 0 Å². The van der Waals surface area contributed by atoms with Crippen molar-refractivity contribution >= 4 is 46.1 Å². The number of benzene rings is 2. The summed E-state index contributed by atoms with van der Waals surface area (Å²) in [6.07, 6.45) is 2.43. The number of imidazole rings is 1. The molecule has 0 bridgehead atoms. The van der Waals surface area contributed by atoms with E-state index in [-0.39, 0.29) is 11.2 Å². The van der Waals surface area contributed by atoms with Gasteiger partial charge in [0.25, 0.3) is 0 Å². The molecule has 0 radical (unpaired) electrons. The second-order valence-electron chi connectivity index (χ2n) is 7.47. The van der Waals surface area contributed by atoms with Gasteiger partial charge in [-0.15, -0.1) is 0 Å². The number of fused-ring (bicyclic) bond motifs is 1. The molecule has 4 aromatic rings. The van der Waals surface area contributed by atoms with Gasteiger partial charge < -0.3 is 15.0 Å². The molecule has 1 atom stereocenters. The van der Waals surface area contributed by atoms with Crippen LogP contribution in [0.2, 0.25) is 5.02 Å². The quantitative estimate of drug-likeness (QED) is 0.344. The Bertz CT molecular complexity index is 1260. The van der Waals surface area contributed by atoms with Crippen LogP contribution in [-0.2, 0) is 11.2 Å². The molecule has 2 aromatic carbocycles. The van der Waals surface area contributed by atoms with Gasteiger partial charge in [0, 0.05) is 6.20 Å². The molecule has 1 unspecified atom stereocenters. The molecule has 2 heterocycles. The zero-order valence-corrected chi connectivity index (χ0v) is 19.6. The highest BCUT2D eigenvalue weighted by atomic mass is 35.5. The molecule has 32 heavy (non-hydrogen) atoms. The largest absolute Gasteiger partial charge is 0.497 e. The summed E-state index contributed by atoms with van der Waals surface area (Å²) in [5.74, 6) is 1.01. The third-order valence-electron chi connectivity index (χ3n) is 5.01. The highest BCUT2D eigenvalue weighted by Gasteiger charge is 2.19. The first kappa shape index (κ1) is 22.2. The van der Waals surface area contributed by atoms with E-state index in [1.165, 1.54) is 17.3 Å². The number of anilines is 1.